The molecule has 10 nitrogen and oxygen atoms in total. The van der Waals surface area contributed by atoms with Crippen molar-refractivity contribution in [1.29, 1.82) is 0 Å². The van der Waals surface area contributed by atoms with Gasteiger partial charge >= 0.3 is 12.4 Å². The second-order valence-electron chi connectivity index (χ2n) is 18.9. The Hall–Kier alpha value is -9.36. The number of hydrogen-bond acceptors (Lipinski definition) is 8. The third kappa shape index (κ3) is 8.57. The monoisotopic (exact) mass is 1090 g/mol. The maximum Gasteiger partial charge on any atom is 0.411 e. The van der Waals surface area contributed by atoms with Crippen LogP contribution in [0.25, 0.3) is 44.8 Å². The van der Waals surface area contributed by atoms with Gasteiger partial charge in [-0.3, -0.25) is 9.98 Å². The van der Waals surface area contributed by atoms with Gasteiger partial charge in [-0.05, 0) is 130 Å². The molecule has 0 radical (unpaired) electrons. The van der Waals surface area contributed by atoms with Crippen molar-refractivity contribution < 1.29 is 43.2 Å². The van der Waals surface area contributed by atoms with E-state index in [0.717, 1.165) is 59.8 Å². The van der Waals surface area contributed by atoms with Crippen LogP contribution in [0.4, 0.5) is 37.7 Å². The maximum atomic E-state index is 15.4. The molecule has 2 aliphatic heterocycles. The van der Waals surface area contributed by atoms with E-state index in [2.05, 4.69) is 41.8 Å². The van der Waals surface area contributed by atoms with Crippen molar-refractivity contribution in [3.8, 4) is 47.5 Å². The molecule has 0 saturated carbocycles. The molecule has 0 amide bonds. The maximum absolute atomic E-state index is 15.4. The SMILES string of the molecule is C#Cc1cccc(C2=Nc3ccc(S(=O)(=O)c4ccc5nc(-c6ccc(C(c7ccc(C8=Nc9ccc(S(=O)(=O)c%10ccc%11nc(-c%12cccc(C#C)c%12)[nH]c%11c%10)cc9C8)cc7)(C(F)(F)F)C(F)(F)F)cc6)[nH]c5c4)cc3C2)c1. The molecule has 2 N–H and O–H groups in total. The first kappa shape index (κ1) is 50.5. The van der Waals surface area contributed by atoms with E-state index in [-0.39, 0.29) is 48.5 Å². The number of alkyl halides is 6. The minimum atomic E-state index is -5.89. The van der Waals surface area contributed by atoms with Gasteiger partial charge in [0.25, 0.3) is 0 Å². The zero-order valence-electron chi connectivity index (χ0n) is 40.7. The number of nitrogens with one attached hydrogen (secondary N) is 2. The summed E-state index contributed by atoms with van der Waals surface area (Å²) in [6, 6.07) is 39.6. The number of aliphatic imine (C=N–C) groups is 2. The van der Waals surface area contributed by atoms with Gasteiger partial charge in [0.2, 0.25) is 25.1 Å². The van der Waals surface area contributed by atoms with Crippen LogP contribution in [-0.4, -0.2) is 60.5 Å². The number of aromatic nitrogens is 4. The number of H-pyrrole nitrogens is 2. The summed E-state index contributed by atoms with van der Waals surface area (Å²) < 4.78 is 148. The number of nitrogens with zero attached hydrogens (tertiary/aromatic N) is 4. The minimum absolute atomic E-state index is 0.0172. The van der Waals surface area contributed by atoms with Crippen LogP contribution in [0.2, 0.25) is 0 Å². The molecule has 0 saturated heterocycles. The van der Waals surface area contributed by atoms with Crippen LogP contribution in [0.5, 0.6) is 0 Å². The van der Waals surface area contributed by atoms with Gasteiger partial charge < -0.3 is 9.97 Å². The molecule has 4 heterocycles. The highest BCUT2D eigenvalue weighted by Crippen LogP contribution is 2.56. The Morgan fingerprint density at radius 1 is 0.443 bits per heavy atom. The fourth-order valence-electron chi connectivity index (χ4n) is 10.2. The predicted molar refractivity (Wildman–Crippen MR) is 288 cm³/mol. The van der Waals surface area contributed by atoms with Gasteiger partial charge in [-0.1, -0.05) is 84.6 Å². The first-order chi connectivity index (χ1) is 37.7. The number of halogens is 6. The van der Waals surface area contributed by atoms with Crippen LogP contribution in [0.3, 0.4) is 0 Å². The second kappa shape index (κ2) is 18.4. The molecule has 0 spiro atoms. The van der Waals surface area contributed by atoms with Gasteiger partial charge in [-0.25, -0.2) is 26.8 Å². The van der Waals surface area contributed by atoms with Gasteiger partial charge in [-0.15, -0.1) is 12.8 Å². The largest absolute Gasteiger partial charge is 0.411 e. The molecule has 0 bridgehead atoms. The van der Waals surface area contributed by atoms with Crippen LogP contribution < -0.4 is 0 Å². The van der Waals surface area contributed by atoms with Crippen molar-refractivity contribution in [2.24, 2.45) is 9.98 Å². The highest BCUT2D eigenvalue weighted by molar-refractivity contribution is 7.91. The van der Waals surface area contributed by atoms with Gasteiger partial charge in [-0.2, -0.15) is 26.3 Å². The van der Waals surface area contributed by atoms with Gasteiger partial charge in [0.1, 0.15) is 11.6 Å². The first-order valence-electron chi connectivity index (χ1n) is 24.1. The zero-order valence-corrected chi connectivity index (χ0v) is 42.4. The lowest BCUT2D eigenvalue weighted by Crippen LogP contribution is -2.54. The standard InChI is InChI=1S/C61H36F6N6O4S2/c1-3-35-7-5-9-39(27-35)54-32-42-30-46(20-24-50(42)69-54)79(76,77)47-21-25-51-55(33-47)72-57(70-51)38-13-17-44(18-14-38)59(60(62,63)64,61(65,66)67)43-15-11-37(12-16-43)53-31-41-29-45(19-23-49(41)68-53)78(74,75)48-22-26-52-56(34-48)73-58(71-52)40-10-6-8-36(4-2)28-40/h1-2,5-30,33-34H,31-32H2,(H,70,72)(H,71,73). The van der Waals surface area contributed by atoms with E-state index >= 15 is 26.3 Å². The number of sulfone groups is 2. The summed E-state index contributed by atoms with van der Waals surface area (Å²) in [6.45, 7) is 0. The Balaban J connectivity index is 0.774. The van der Waals surface area contributed by atoms with Crippen molar-refractivity contribution >= 4 is 64.5 Å². The summed E-state index contributed by atoms with van der Waals surface area (Å²) in [5.74, 6) is 5.73. The van der Waals surface area contributed by atoms with Gasteiger partial charge in [0, 0.05) is 35.1 Å². The summed E-state index contributed by atoms with van der Waals surface area (Å²) >= 11 is 0. The second-order valence-corrected chi connectivity index (χ2v) is 22.8. The quantitative estimate of drug-likeness (QED) is 0.103. The van der Waals surface area contributed by atoms with Crippen LogP contribution in [0.1, 0.15) is 44.5 Å². The van der Waals surface area contributed by atoms with Crippen molar-refractivity contribution in [2.75, 3.05) is 0 Å². The molecule has 10 aromatic rings. The average molecular weight is 1100 g/mol. The van der Waals surface area contributed by atoms with Crippen molar-refractivity contribution in [3.05, 3.63) is 214 Å². The molecule has 0 aliphatic carbocycles. The summed E-state index contributed by atoms with van der Waals surface area (Å²) in [6.07, 6.45) is -0.240. The summed E-state index contributed by atoms with van der Waals surface area (Å²) in [4.78, 5) is 24.3. The number of terminal acetylenes is 2. The highest BCUT2D eigenvalue weighted by Gasteiger charge is 2.72. The van der Waals surface area contributed by atoms with E-state index in [4.69, 9.17) is 12.8 Å². The third-order valence-electron chi connectivity index (χ3n) is 14.2. The Morgan fingerprint density at radius 2 is 0.848 bits per heavy atom. The zero-order chi connectivity index (χ0) is 55.2. The highest BCUT2D eigenvalue weighted by atomic mass is 32.2. The summed E-state index contributed by atoms with van der Waals surface area (Å²) in [5.41, 5.74) is 1.30. The Morgan fingerprint density at radius 3 is 1.32 bits per heavy atom. The first-order valence-corrected chi connectivity index (χ1v) is 27.1. The van der Waals surface area contributed by atoms with Crippen molar-refractivity contribution in [2.45, 2.75) is 50.2 Å². The molecule has 18 heteroatoms. The average Bonchev–Trinajstić information content (AvgIpc) is 4.46. The number of imidazole rings is 2. The van der Waals surface area contributed by atoms with Crippen molar-refractivity contribution in [3.63, 3.8) is 0 Å². The summed E-state index contributed by atoms with van der Waals surface area (Å²) in [7, 11) is -8.19. The Labute approximate surface area is 447 Å². The predicted octanol–water partition coefficient (Wildman–Crippen LogP) is 13.2. The number of fused-ring (bicyclic) bond motifs is 4. The fraction of sp³-hybridized carbons (Fsp3) is 0.0820. The van der Waals surface area contributed by atoms with Gasteiger partial charge in [0.05, 0.1) is 64.4 Å². The van der Waals surface area contributed by atoms with Crippen molar-refractivity contribution in [1.82, 2.24) is 19.9 Å². The molecule has 8 aromatic carbocycles. The number of benzene rings is 8. The molecule has 79 heavy (non-hydrogen) atoms. The minimum Gasteiger partial charge on any atom is -0.338 e. The molecular weight excluding hydrogens is 1060 g/mol. The number of aromatic amines is 2. The van der Waals surface area contributed by atoms with Crippen LogP contribution >= 0.6 is 0 Å². The lowest BCUT2D eigenvalue weighted by Gasteiger charge is -2.38. The molecule has 2 aromatic heterocycles. The van der Waals surface area contributed by atoms with E-state index in [0.29, 0.717) is 73.7 Å². The molecule has 0 fully saturated rings. The lowest BCUT2D eigenvalue weighted by molar-refractivity contribution is -0.288. The van der Waals surface area contributed by atoms with Crippen LogP contribution in [0, 0.1) is 24.7 Å². The lowest BCUT2D eigenvalue weighted by atomic mass is 9.72. The Bertz CT molecular complexity index is 4570. The molecular formula is C61H36F6N6O4S2. The van der Waals surface area contributed by atoms with E-state index in [1.165, 1.54) is 54.6 Å². The van der Waals surface area contributed by atoms with E-state index in [1.807, 2.05) is 24.3 Å². The normalized spacial score (nSPS) is 13.7. The Kier molecular flexibility index (Phi) is 11.8. The molecule has 12 rings (SSSR count). The molecule has 388 valence electrons. The van der Waals surface area contributed by atoms with E-state index < -0.39 is 48.6 Å². The number of hydrogen-bond donors (Lipinski definition) is 2. The number of rotatable bonds is 10. The molecule has 2 aliphatic rings. The van der Waals surface area contributed by atoms with E-state index in [1.54, 1.807) is 42.5 Å². The van der Waals surface area contributed by atoms with Gasteiger partial charge in [0.15, 0.2) is 0 Å². The smallest absolute Gasteiger partial charge is 0.338 e. The fourth-order valence-corrected chi connectivity index (χ4v) is 12.9. The topological polar surface area (TPSA) is 150 Å². The van der Waals surface area contributed by atoms with Crippen LogP contribution in [0.15, 0.2) is 199 Å². The van der Waals surface area contributed by atoms with E-state index in [9.17, 15) is 16.8 Å². The third-order valence-corrected chi connectivity index (χ3v) is 17.7. The molecule has 0 atom stereocenters. The molecule has 0 unspecified atom stereocenters. The van der Waals surface area contributed by atoms with Crippen LogP contribution in [-0.2, 0) is 37.9 Å². The summed E-state index contributed by atoms with van der Waals surface area (Å²) in [5, 5.41) is 0.